The van der Waals surface area contributed by atoms with Crippen LogP contribution in [0.25, 0.3) is 0 Å². The smallest absolute Gasteiger partial charge is 0.336 e. The van der Waals surface area contributed by atoms with Crippen molar-refractivity contribution in [3.05, 3.63) is 12.2 Å². The molecule has 3 heteroatoms. The third-order valence-electron chi connectivity index (χ3n) is 2.73. The number of aliphatic carboxylic acids is 1. The molecule has 60 valence electrons. The lowest BCUT2D eigenvalue weighted by molar-refractivity contribution is -0.161. The second-order valence-electron chi connectivity index (χ2n) is 3.42. The third-order valence-corrected chi connectivity index (χ3v) is 2.73. The van der Waals surface area contributed by atoms with E-state index in [1.807, 2.05) is 12.2 Å². The van der Waals surface area contributed by atoms with Crippen LogP contribution in [-0.4, -0.2) is 21.8 Å². The first-order chi connectivity index (χ1) is 5.13. The van der Waals surface area contributed by atoms with Gasteiger partial charge in [0.15, 0.2) is 5.60 Å². The summed E-state index contributed by atoms with van der Waals surface area (Å²) in [7, 11) is 0. The molecule has 0 aliphatic heterocycles. The molecule has 3 atom stereocenters. The molecule has 2 N–H and O–H groups in total. The van der Waals surface area contributed by atoms with Crippen molar-refractivity contribution in [3.8, 4) is 0 Å². The van der Waals surface area contributed by atoms with Gasteiger partial charge in [-0.05, 0) is 18.8 Å². The van der Waals surface area contributed by atoms with Gasteiger partial charge in [-0.1, -0.05) is 12.2 Å². The highest BCUT2D eigenvalue weighted by atomic mass is 16.4. The number of allylic oxidation sites excluding steroid dienone is 1. The fourth-order valence-electron chi connectivity index (χ4n) is 2.08. The van der Waals surface area contributed by atoms with E-state index in [9.17, 15) is 9.90 Å². The van der Waals surface area contributed by atoms with Gasteiger partial charge in [0.2, 0.25) is 0 Å². The summed E-state index contributed by atoms with van der Waals surface area (Å²) in [6.07, 6.45) is 5.02. The summed E-state index contributed by atoms with van der Waals surface area (Å²) in [5, 5.41) is 18.3. The van der Waals surface area contributed by atoms with Crippen LogP contribution in [0.1, 0.15) is 12.8 Å². The number of hydrogen-bond donors (Lipinski definition) is 2. The molecule has 0 aromatic carbocycles. The molecule has 0 spiro atoms. The summed E-state index contributed by atoms with van der Waals surface area (Å²) in [4.78, 5) is 10.6. The van der Waals surface area contributed by atoms with Crippen molar-refractivity contribution in [2.45, 2.75) is 18.4 Å². The molecule has 0 aromatic heterocycles. The van der Waals surface area contributed by atoms with Crippen LogP contribution in [0.4, 0.5) is 0 Å². The second-order valence-corrected chi connectivity index (χ2v) is 3.42. The fourth-order valence-corrected chi connectivity index (χ4v) is 2.08. The molecule has 2 rings (SSSR count). The lowest BCUT2D eigenvalue weighted by Gasteiger charge is -2.24. The highest BCUT2D eigenvalue weighted by Gasteiger charge is 2.52. The molecule has 0 amide bonds. The first-order valence-corrected chi connectivity index (χ1v) is 3.77. The number of carbonyl (C=O) groups is 1. The second kappa shape index (κ2) is 1.85. The zero-order valence-corrected chi connectivity index (χ0v) is 6.03. The van der Waals surface area contributed by atoms with Crippen LogP contribution in [0.2, 0.25) is 0 Å². The number of carboxylic acid groups (broad SMARTS) is 1. The molecule has 2 aliphatic carbocycles. The van der Waals surface area contributed by atoms with Crippen molar-refractivity contribution in [2.24, 2.45) is 11.8 Å². The molecule has 0 radical (unpaired) electrons. The number of hydrogen-bond acceptors (Lipinski definition) is 2. The SMILES string of the molecule is O=C(O)C1(O)CC2C=CC1C2. The van der Waals surface area contributed by atoms with E-state index in [1.54, 1.807) is 0 Å². The summed E-state index contributed by atoms with van der Waals surface area (Å²) in [6.45, 7) is 0. The maximum Gasteiger partial charge on any atom is 0.336 e. The molecular weight excluding hydrogens is 144 g/mol. The topological polar surface area (TPSA) is 57.5 Å². The number of carboxylic acids is 1. The molecule has 11 heavy (non-hydrogen) atoms. The summed E-state index contributed by atoms with van der Waals surface area (Å²) in [5.41, 5.74) is -1.46. The molecule has 3 unspecified atom stereocenters. The highest BCUT2D eigenvalue weighted by Crippen LogP contribution is 2.46. The van der Waals surface area contributed by atoms with Crippen molar-refractivity contribution in [3.63, 3.8) is 0 Å². The van der Waals surface area contributed by atoms with E-state index in [2.05, 4.69) is 0 Å². The minimum atomic E-state index is -1.46. The predicted molar refractivity (Wildman–Crippen MR) is 37.9 cm³/mol. The normalized spacial score (nSPS) is 46.6. The number of aliphatic hydroxyl groups is 1. The van der Waals surface area contributed by atoms with Crippen molar-refractivity contribution in [2.75, 3.05) is 0 Å². The van der Waals surface area contributed by atoms with Crippen molar-refractivity contribution >= 4 is 5.97 Å². The van der Waals surface area contributed by atoms with Crippen LogP contribution in [-0.2, 0) is 4.79 Å². The van der Waals surface area contributed by atoms with Gasteiger partial charge in [-0.2, -0.15) is 0 Å². The van der Waals surface area contributed by atoms with Gasteiger partial charge in [-0.3, -0.25) is 0 Å². The monoisotopic (exact) mass is 154 g/mol. The van der Waals surface area contributed by atoms with Gasteiger partial charge in [0.25, 0.3) is 0 Å². The van der Waals surface area contributed by atoms with Gasteiger partial charge in [-0.25, -0.2) is 4.79 Å². The maximum atomic E-state index is 10.6. The van der Waals surface area contributed by atoms with E-state index >= 15 is 0 Å². The Labute approximate surface area is 64.3 Å². The van der Waals surface area contributed by atoms with Crippen LogP contribution < -0.4 is 0 Å². The standard InChI is InChI=1S/C8H10O3/c9-7(10)8(11)4-5-1-2-6(8)3-5/h1-2,5-6,11H,3-4H2,(H,9,10). The Morgan fingerprint density at radius 3 is 2.55 bits per heavy atom. The fraction of sp³-hybridized carbons (Fsp3) is 0.625. The Balaban J connectivity index is 2.30. The van der Waals surface area contributed by atoms with Crippen LogP contribution in [0, 0.1) is 11.8 Å². The molecule has 0 heterocycles. The molecule has 3 nitrogen and oxygen atoms in total. The lowest BCUT2D eigenvalue weighted by Crippen LogP contribution is -2.42. The van der Waals surface area contributed by atoms with Crippen molar-refractivity contribution in [1.29, 1.82) is 0 Å². The minimum absolute atomic E-state index is 0.148. The molecule has 0 saturated heterocycles. The molecule has 2 aliphatic rings. The molecule has 2 bridgehead atoms. The number of rotatable bonds is 1. The van der Waals surface area contributed by atoms with Crippen LogP contribution in [0.5, 0.6) is 0 Å². The third kappa shape index (κ3) is 0.744. The van der Waals surface area contributed by atoms with Gasteiger partial charge in [0.05, 0.1) is 0 Å². The molecular formula is C8H10O3. The number of fused-ring (bicyclic) bond motifs is 2. The Hall–Kier alpha value is -0.830. The first kappa shape index (κ1) is 6.85. The first-order valence-electron chi connectivity index (χ1n) is 3.77. The average Bonchev–Trinajstić information content (AvgIpc) is 2.45. The van der Waals surface area contributed by atoms with Crippen molar-refractivity contribution in [1.82, 2.24) is 0 Å². The summed E-state index contributed by atoms with van der Waals surface area (Å²) < 4.78 is 0. The van der Waals surface area contributed by atoms with Gasteiger partial charge in [-0.15, -0.1) is 0 Å². The van der Waals surface area contributed by atoms with Gasteiger partial charge >= 0.3 is 5.97 Å². The van der Waals surface area contributed by atoms with E-state index in [1.165, 1.54) is 0 Å². The zero-order chi connectivity index (χ0) is 8.06. The van der Waals surface area contributed by atoms with Gasteiger partial charge < -0.3 is 10.2 Å². The summed E-state index contributed by atoms with van der Waals surface area (Å²) >= 11 is 0. The predicted octanol–water partition coefficient (Wildman–Crippen LogP) is 0.398. The quantitative estimate of drug-likeness (QED) is 0.537. The van der Waals surface area contributed by atoms with Gasteiger partial charge in [0.1, 0.15) is 0 Å². The maximum absolute atomic E-state index is 10.6. The molecule has 1 fully saturated rings. The van der Waals surface area contributed by atoms with E-state index in [0.29, 0.717) is 12.3 Å². The molecule has 0 aromatic rings. The Kier molecular flexibility index (Phi) is 1.16. The Bertz CT molecular complexity index is 233. The van der Waals surface area contributed by atoms with E-state index < -0.39 is 11.6 Å². The van der Waals surface area contributed by atoms with Crippen LogP contribution >= 0.6 is 0 Å². The molecule has 1 saturated carbocycles. The Morgan fingerprint density at radius 1 is 1.55 bits per heavy atom. The average molecular weight is 154 g/mol. The van der Waals surface area contributed by atoms with E-state index in [0.717, 1.165) is 6.42 Å². The lowest BCUT2D eigenvalue weighted by atomic mass is 9.89. The zero-order valence-electron chi connectivity index (χ0n) is 6.03. The summed E-state index contributed by atoms with van der Waals surface area (Å²) in [5.74, 6) is -0.930. The Morgan fingerprint density at radius 2 is 2.27 bits per heavy atom. The van der Waals surface area contributed by atoms with Crippen molar-refractivity contribution < 1.29 is 15.0 Å². The highest BCUT2D eigenvalue weighted by molar-refractivity contribution is 5.79. The van der Waals surface area contributed by atoms with E-state index in [-0.39, 0.29) is 5.92 Å². The van der Waals surface area contributed by atoms with Crippen LogP contribution in [0.3, 0.4) is 0 Å². The van der Waals surface area contributed by atoms with Crippen LogP contribution in [0.15, 0.2) is 12.2 Å². The largest absolute Gasteiger partial charge is 0.479 e. The van der Waals surface area contributed by atoms with E-state index in [4.69, 9.17) is 5.11 Å². The minimum Gasteiger partial charge on any atom is -0.479 e. The summed E-state index contributed by atoms with van der Waals surface area (Å²) in [6, 6.07) is 0. The van der Waals surface area contributed by atoms with Gasteiger partial charge in [0, 0.05) is 5.92 Å².